The molecule has 0 saturated heterocycles. The summed E-state index contributed by atoms with van der Waals surface area (Å²) in [6.07, 6.45) is -2.90. The first-order valence-electron chi connectivity index (χ1n) is 7.15. The molecule has 0 heterocycles. The number of benzene rings is 2. The van der Waals surface area contributed by atoms with E-state index < -0.39 is 6.36 Å². The number of aromatic hydroxyl groups is 1. The molecule has 0 aromatic heterocycles. The molecule has 1 aliphatic carbocycles. The molecule has 1 aliphatic rings. The summed E-state index contributed by atoms with van der Waals surface area (Å²) in [5, 5.41) is 9.95. The Kier molecular flexibility index (Phi) is 3.83. The predicted molar refractivity (Wildman–Crippen MR) is 77.6 cm³/mol. The maximum Gasteiger partial charge on any atom is 0.573 e. The minimum atomic E-state index is -4.70. The molecule has 0 unspecified atom stereocenters. The minimum Gasteiger partial charge on any atom is -0.508 e. The van der Waals surface area contributed by atoms with Crippen LogP contribution in [-0.4, -0.2) is 18.1 Å². The molecule has 2 aromatic carbocycles. The van der Waals surface area contributed by atoms with Gasteiger partial charge in [0.05, 0.1) is 6.61 Å². The second-order valence-corrected chi connectivity index (χ2v) is 5.61. The molecule has 1 saturated carbocycles. The van der Waals surface area contributed by atoms with Crippen molar-refractivity contribution in [1.29, 1.82) is 0 Å². The Morgan fingerprint density at radius 2 is 1.57 bits per heavy atom. The van der Waals surface area contributed by atoms with Crippen molar-refractivity contribution in [3.8, 4) is 17.2 Å². The van der Waals surface area contributed by atoms with Crippen molar-refractivity contribution in [2.45, 2.75) is 24.6 Å². The quantitative estimate of drug-likeness (QED) is 0.886. The van der Waals surface area contributed by atoms with Gasteiger partial charge in [-0.25, -0.2) is 0 Å². The van der Waals surface area contributed by atoms with Gasteiger partial charge in [0.1, 0.15) is 17.2 Å². The molecule has 0 bridgehead atoms. The SMILES string of the molecule is Oc1ccccc1C1(COc2ccc(OC(F)(F)F)cc2)CC1. The number of para-hydroxylation sites is 1. The molecule has 122 valence electrons. The van der Waals surface area contributed by atoms with Gasteiger partial charge in [-0.3, -0.25) is 0 Å². The van der Waals surface area contributed by atoms with E-state index in [2.05, 4.69) is 4.74 Å². The van der Waals surface area contributed by atoms with E-state index in [4.69, 9.17) is 4.74 Å². The van der Waals surface area contributed by atoms with Crippen molar-refractivity contribution < 1.29 is 27.8 Å². The number of halogens is 3. The van der Waals surface area contributed by atoms with Crippen LogP contribution in [0, 0.1) is 0 Å². The van der Waals surface area contributed by atoms with Crippen molar-refractivity contribution in [2.24, 2.45) is 0 Å². The number of phenols is 1. The molecule has 0 radical (unpaired) electrons. The first-order chi connectivity index (χ1) is 10.9. The van der Waals surface area contributed by atoms with Crippen LogP contribution in [0.5, 0.6) is 17.2 Å². The Labute approximate surface area is 131 Å². The van der Waals surface area contributed by atoms with Crippen LogP contribution in [-0.2, 0) is 5.41 Å². The van der Waals surface area contributed by atoms with E-state index >= 15 is 0 Å². The van der Waals surface area contributed by atoms with Crippen LogP contribution in [0.4, 0.5) is 13.2 Å². The molecule has 0 atom stereocenters. The summed E-state index contributed by atoms with van der Waals surface area (Å²) in [5.74, 6) is 0.412. The second kappa shape index (κ2) is 5.68. The number of hydrogen-bond acceptors (Lipinski definition) is 3. The number of ether oxygens (including phenoxy) is 2. The maximum atomic E-state index is 12.1. The first kappa shape index (κ1) is 15.5. The van der Waals surface area contributed by atoms with Crippen molar-refractivity contribution in [3.63, 3.8) is 0 Å². The van der Waals surface area contributed by atoms with Crippen LogP contribution in [0.1, 0.15) is 18.4 Å². The van der Waals surface area contributed by atoms with Crippen molar-refractivity contribution in [2.75, 3.05) is 6.61 Å². The van der Waals surface area contributed by atoms with Crippen LogP contribution in [0.15, 0.2) is 48.5 Å². The van der Waals surface area contributed by atoms with E-state index in [1.807, 2.05) is 12.1 Å². The van der Waals surface area contributed by atoms with Gasteiger partial charge in [-0.1, -0.05) is 18.2 Å². The van der Waals surface area contributed by atoms with Gasteiger partial charge in [0.2, 0.25) is 0 Å². The van der Waals surface area contributed by atoms with Crippen LogP contribution in [0.3, 0.4) is 0 Å². The topological polar surface area (TPSA) is 38.7 Å². The van der Waals surface area contributed by atoms with Gasteiger partial charge >= 0.3 is 6.36 Å². The Hall–Kier alpha value is -2.37. The predicted octanol–water partition coefficient (Wildman–Crippen LogP) is 4.40. The average Bonchev–Trinajstić information content (AvgIpc) is 3.26. The summed E-state index contributed by atoms with van der Waals surface area (Å²) in [6, 6.07) is 12.4. The van der Waals surface area contributed by atoms with E-state index in [0.29, 0.717) is 12.4 Å². The summed E-state index contributed by atoms with van der Waals surface area (Å²) in [4.78, 5) is 0. The smallest absolute Gasteiger partial charge is 0.508 e. The molecule has 0 aliphatic heterocycles. The molecule has 23 heavy (non-hydrogen) atoms. The van der Waals surface area contributed by atoms with Crippen molar-refractivity contribution in [1.82, 2.24) is 0 Å². The minimum absolute atomic E-state index is 0.216. The highest BCUT2D eigenvalue weighted by molar-refractivity contribution is 5.42. The monoisotopic (exact) mass is 324 g/mol. The largest absolute Gasteiger partial charge is 0.573 e. The zero-order chi connectivity index (χ0) is 16.5. The summed E-state index contributed by atoms with van der Waals surface area (Å²) < 4.78 is 45.8. The molecule has 0 amide bonds. The van der Waals surface area contributed by atoms with Crippen molar-refractivity contribution in [3.05, 3.63) is 54.1 Å². The second-order valence-electron chi connectivity index (χ2n) is 5.61. The molecule has 0 spiro atoms. The third kappa shape index (κ3) is 3.70. The Morgan fingerprint density at radius 1 is 0.957 bits per heavy atom. The molecule has 1 fully saturated rings. The summed E-state index contributed by atoms with van der Waals surface area (Å²) in [7, 11) is 0. The van der Waals surface area contributed by atoms with E-state index in [0.717, 1.165) is 18.4 Å². The number of phenolic OH excluding ortho intramolecular Hbond substituents is 1. The molecule has 1 N–H and O–H groups in total. The van der Waals surface area contributed by atoms with Gasteiger partial charge in [0, 0.05) is 11.0 Å². The number of alkyl halides is 3. The van der Waals surface area contributed by atoms with Crippen molar-refractivity contribution >= 4 is 0 Å². The summed E-state index contributed by atoms with van der Waals surface area (Å²) >= 11 is 0. The van der Waals surface area contributed by atoms with Gasteiger partial charge < -0.3 is 14.6 Å². The Morgan fingerprint density at radius 3 is 2.13 bits per heavy atom. The molecule has 3 nitrogen and oxygen atoms in total. The normalized spacial score (nSPS) is 16.0. The Balaban J connectivity index is 1.64. The molecular weight excluding hydrogens is 309 g/mol. The fourth-order valence-corrected chi connectivity index (χ4v) is 2.52. The number of rotatable bonds is 5. The molecule has 3 rings (SSSR count). The maximum absolute atomic E-state index is 12.1. The first-order valence-corrected chi connectivity index (χ1v) is 7.15. The zero-order valence-electron chi connectivity index (χ0n) is 12.1. The lowest BCUT2D eigenvalue weighted by molar-refractivity contribution is -0.274. The fourth-order valence-electron chi connectivity index (χ4n) is 2.52. The van der Waals surface area contributed by atoms with Gasteiger partial charge in [-0.2, -0.15) is 0 Å². The van der Waals surface area contributed by atoms with Crippen LogP contribution in [0.25, 0.3) is 0 Å². The van der Waals surface area contributed by atoms with E-state index in [1.165, 1.54) is 24.3 Å². The zero-order valence-corrected chi connectivity index (χ0v) is 12.1. The fraction of sp³-hybridized carbons (Fsp3) is 0.294. The summed E-state index contributed by atoms with van der Waals surface area (Å²) in [6.45, 7) is 0.365. The lowest BCUT2D eigenvalue weighted by Crippen LogP contribution is -2.18. The van der Waals surface area contributed by atoms with E-state index in [-0.39, 0.29) is 16.9 Å². The third-order valence-electron chi connectivity index (χ3n) is 3.90. The van der Waals surface area contributed by atoms with Gasteiger partial charge in [0.25, 0.3) is 0 Å². The molecule has 6 heteroatoms. The lowest BCUT2D eigenvalue weighted by Gasteiger charge is -2.18. The number of hydrogen-bond donors (Lipinski definition) is 1. The van der Waals surface area contributed by atoms with Gasteiger partial charge in [-0.15, -0.1) is 13.2 Å². The van der Waals surface area contributed by atoms with Gasteiger partial charge in [-0.05, 0) is 43.2 Å². The highest BCUT2D eigenvalue weighted by Gasteiger charge is 2.46. The van der Waals surface area contributed by atoms with Gasteiger partial charge in [0.15, 0.2) is 0 Å². The molecular formula is C17H15F3O3. The van der Waals surface area contributed by atoms with Crippen LogP contribution >= 0.6 is 0 Å². The van der Waals surface area contributed by atoms with Crippen LogP contribution < -0.4 is 9.47 Å². The van der Waals surface area contributed by atoms with E-state index in [9.17, 15) is 18.3 Å². The highest BCUT2D eigenvalue weighted by atomic mass is 19.4. The highest BCUT2D eigenvalue weighted by Crippen LogP contribution is 2.51. The van der Waals surface area contributed by atoms with Crippen LogP contribution in [0.2, 0.25) is 0 Å². The molecule has 2 aromatic rings. The third-order valence-corrected chi connectivity index (χ3v) is 3.90. The summed E-state index contributed by atoms with van der Waals surface area (Å²) in [5.41, 5.74) is 0.629. The Bertz CT molecular complexity index is 676. The van der Waals surface area contributed by atoms with E-state index in [1.54, 1.807) is 12.1 Å². The standard InChI is InChI=1S/C17H15F3O3/c18-17(19,20)23-13-7-5-12(6-8-13)22-11-16(9-10-16)14-3-1-2-4-15(14)21/h1-8,21H,9-11H2. The average molecular weight is 324 g/mol. The lowest BCUT2D eigenvalue weighted by atomic mass is 9.96.